The summed E-state index contributed by atoms with van der Waals surface area (Å²) in [5.74, 6) is -0.757. The third-order valence-electron chi connectivity index (χ3n) is 13.3. The molecule has 4 aromatic carbocycles. The highest BCUT2D eigenvalue weighted by Gasteiger charge is 2.65. The van der Waals surface area contributed by atoms with E-state index in [1.54, 1.807) is 23.1 Å². The Kier molecular flexibility index (Phi) is 15.3. The molecule has 344 valence electrons. The molecule has 2 N–H and O–H groups in total. The second-order valence-electron chi connectivity index (χ2n) is 17.4. The van der Waals surface area contributed by atoms with E-state index >= 15 is 0 Å². The van der Waals surface area contributed by atoms with Crippen LogP contribution in [-0.2, 0) is 25.6 Å². The third kappa shape index (κ3) is 10.3. The van der Waals surface area contributed by atoms with Crippen LogP contribution in [0.2, 0.25) is 0 Å². The quantitative estimate of drug-likeness (QED) is 0.0537. The summed E-state index contributed by atoms with van der Waals surface area (Å²) < 4.78 is 46.8. The fourth-order valence-corrected chi connectivity index (χ4v) is 10.3. The Hall–Kier alpha value is -5.53. The zero-order valence-corrected chi connectivity index (χ0v) is 37.2. The van der Waals surface area contributed by atoms with Crippen LogP contribution in [0, 0.1) is 23.6 Å². The summed E-state index contributed by atoms with van der Waals surface area (Å²) in [6, 6.07) is 29.3. The van der Waals surface area contributed by atoms with Crippen LogP contribution in [0.5, 0.6) is 17.2 Å². The second kappa shape index (κ2) is 21.6. The number of methoxy groups -OCH3 is 1. The van der Waals surface area contributed by atoms with Crippen LogP contribution in [0.25, 0.3) is 11.1 Å². The first-order valence-corrected chi connectivity index (χ1v) is 23.1. The number of carbonyl (C=O) groups excluding carboxylic acids is 1. The number of hydrogen-bond donors (Lipinski definition) is 2. The van der Waals surface area contributed by atoms with Gasteiger partial charge in [-0.2, -0.15) is 0 Å². The molecule has 65 heavy (non-hydrogen) atoms. The minimum Gasteiger partial charge on any atom is -0.459 e. The lowest BCUT2D eigenvalue weighted by molar-refractivity contribution is -0.256. The molecule has 7 atom stereocenters. The Morgan fingerprint density at radius 1 is 0.923 bits per heavy atom. The van der Waals surface area contributed by atoms with Crippen molar-refractivity contribution in [1.29, 1.82) is 0 Å². The summed E-state index contributed by atoms with van der Waals surface area (Å²) in [6.07, 6.45) is 10.1. The van der Waals surface area contributed by atoms with Crippen LogP contribution < -0.4 is 9.47 Å². The average molecular weight is 889 g/mol. The third-order valence-corrected chi connectivity index (χ3v) is 13.3. The number of rotatable bonds is 19. The molecule has 1 unspecified atom stereocenters. The van der Waals surface area contributed by atoms with Crippen LogP contribution >= 0.6 is 0 Å². The van der Waals surface area contributed by atoms with Gasteiger partial charge in [0.25, 0.3) is 0 Å². The number of amides is 1. The molecule has 0 radical (unpaired) electrons. The highest BCUT2D eigenvalue weighted by atomic mass is 19.1. The number of aliphatic hydroxyl groups is 2. The van der Waals surface area contributed by atoms with Crippen molar-refractivity contribution < 1.29 is 47.9 Å². The van der Waals surface area contributed by atoms with E-state index in [-0.39, 0.29) is 50.5 Å². The highest BCUT2D eigenvalue weighted by molar-refractivity contribution is 6.03. The number of hydrogen-bond acceptors (Lipinski definition) is 10. The van der Waals surface area contributed by atoms with Crippen molar-refractivity contribution in [3.8, 4) is 28.4 Å². The first-order valence-electron chi connectivity index (χ1n) is 23.1. The van der Waals surface area contributed by atoms with Crippen molar-refractivity contribution >= 4 is 11.8 Å². The van der Waals surface area contributed by atoms with Crippen LogP contribution in [0.1, 0.15) is 81.3 Å². The minimum atomic E-state index is -1.51. The number of ether oxygens (including phenoxy) is 5. The van der Waals surface area contributed by atoms with Gasteiger partial charge in [-0.15, -0.1) is 6.58 Å². The molecule has 0 aromatic heterocycles. The van der Waals surface area contributed by atoms with E-state index in [1.165, 1.54) is 19.2 Å². The predicted octanol–water partition coefficient (Wildman–Crippen LogP) is 10.7. The van der Waals surface area contributed by atoms with Crippen LogP contribution in [0.4, 0.5) is 9.18 Å². The molecule has 4 aromatic rings. The van der Waals surface area contributed by atoms with Gasteiger partial charge < -0.3 is 38.7 Å². The van der Waals surface area contributed by atoms with E-state index in [2.05, 4.69) is 30.9 Å². The molecular weight excluding hydrogens is 828 g/mol. The molecular formula is C53H61FN2O9. The molecule has 0 spiro atoms. The molecule has 1 amide bonds. The van der Waals surface area contributed by atoms with Crippen molar-refractivity contribution in [2.75, 3.05) is 33.5 Å². The lowest BCUT2D eigenvalue weighted by atomic mass is 9.55. The standard InChI is InChI=1S/C53H61FN2O9/c1-3-30-62-53-48(56(52(59)60-2)35-36-18-22-40(54)23-19-36)34-46(55-65-49-17-9-12-31-61-49)44-32-39(15-7-10-28-57)43(16-8-11-29-58)50(51(44)53)45-33-42(26-27-47(45)64-53)63-41-24-20-38(21-25-41)37-13-5-4-6-14-37/h3-6,13-14,18-27,32-33,39,43,48-51,57-58H,1,7-12,15-17,28-31,34-35H2,2H3/t39-,43+,48-,49?,50+,51+,53+/m0/s1. The highest BCUT2D eigenvalue weighted by Crippen LogP contribution is 2.62. The summed E-state index contributed by atoms with van der Waals surface area (Å²) in [6.45, 7) is 4.92. The number of unbranched alkanes of at least 4 members (excludes halogenated alkanes) is 2. The van der Waals surface area contributed by atoms with Crippen LogP contribution in [0.15, 0.2) is 127 Å². The number of nitrogens with zero attached hydrogens (tertiary/aromatic N) is 2. The van der Waals surface area contributed by atoms with Crippen molar-refractivity contribution in [3.05, 3.63) is 138 Å². The lowest BCUT2D eigenvalue weighted by Crippen LogP contribution is -2.70. The maximum absolute atomic E-state index is 14.3. The van der Waals surface area contributed by atoms with Gasteiger partial charge in [0, 0.05) is 44.1 Å². The summed E-state index contributed by atoms with van der Waals surface area (Å²) in [7, 11) is 1.34. The zero-order valence-electron chi connectivity index (χ0n) is 37.2. The normalized spacial score (nSPS) is 25.0. The van der Waals surface area contributed by atoms with Crippen molar-refractivity contribution in [2.45, 2.75) is 94.8 Å². The monoisotopic (exact) mass is 888 g/mol. The number of allylic oxidation sites excluding steroid dienone is 1. The second-order valence-corrected chi connectivity index (χ2v) is 17.4. The summed E-state index contributed by atoms with van der Waals surface area (Å²) >= 11 is 0. The minimum absolute atomic E-state index is 0.00928. The van der Waals surface area contributed by atoms with Gasteiger partial charge in [0.2, 0.25) is 12.1 Å². The Morgan fingerprint density at radius 3 is 2.37 bits per heavy atom. The van der Waals surface area contributed by atoms with E-state index < -0.39 is 35.9 Å². The number of benzene rings is 4. The molecule has 1 saturated heterocycles. The Morgan fingerprint density at radius 2 is 1.66 bits per heavy atom. The molecule has 2 fully saturated rings. The van der Waals surface area contributed by atoms with Gasteiger partial charge in [0.15, 0.2) is 0 Å². The van der Waals surface area contributed by atoms with Crippen molar-refractivity contribution in [1.82, 2.24) is 4.90 Å². The van der Waals surface area contributed by atoms with Gasteiger partial charge in [-0.05, 0) is 115 Å². The molecule has 2 aliphatic heterocycles. The van der Waals surface area contributed by atoms with E-state index in [0.717, 1.165) is 60.8 Å². The van der Waals surface area contributed by atoms with Crippen molar-refractivity contribution in [3.63, 3.8) is 0 Å². The first kappa shape index (κ1) is 46.0. The number of halogens is 1. The van der Waals surface area contributed by atoms with E-state index in [9.17, 15) is 19.4 Å². The van der Waals surface area contributed by atoms with Crippen LogP contribution in [-0.4, -0.2) is 78.6 Å². The van der Waals surface area contributed by atoms with Gasteiger partial charge in [-0.3, -0.25) is 4.90 Å². The summed E-state index contributed by atoms with van der Waals surface area (Å²) in [4.78, 5) is 22.1. The SMILES string of the molecule is C=CCO[C@@]12Oc3ccc(Oc4ccc(-c5ccccc5)cc4)cc3[C@H]3[C@H](CCCCO)[C@@H](CCCCO)C=C(C(=NOC4CCCCO4)C[C@@H]1N(Cc1ccc(F)cc1)C(=O)OC)[C@H]32. The van der Waals surface area contributed by atoms with Gasteiger partial charge in [0.05, 0.1) is 32.0 Å². The van der Waals surface area contributed by atoms with Gasteiger partial charge >= 0.3 is 6.09 Å². The number of aliphatic hydroxyl groups excluding tert-OH is 2. The fraction of sp³-hybridized carbons (Fsp3) is 0.434. The smallest absolute Gasteiger partial charge is 0.410 e. The zero-order chi connectivity index (χ0) is 45.2. The molecule has 12 heteroatoms. The summed E-state index contributed by atoms with van der Waals surface area (Å²) in [5.41, 5.74) is 5.35. The maximum Gasteiger partial charge on any atom is 0.410 e. The molecule has 2 heterocycles. The number of carbonyl (C=O) groups is 1. The van der Waals surface area contributed by atoms with Gasteiger partial charge in [0.1, 0.15) is 29.1 Å². The Labute approximate surface area is 381 Å². The average Bonchev–Trinajstić information content (AvgIpc) is 3.34. The number of oxime groups is 1. The lowest BCUT2D eigenvalue weighted by Gasteiger charge is -2.59. The fourth-order valence-electron chi connectivity index (χ4n) is 10.3. The molecule has 0 bridgehead atoms. The summed E-state index contributed by atoms with van der Waals surface area (Å²) in [5, 5.41) is 24.9. The van der Waals surface area contributed by atoms with Crippen LogP contribution in [0.3, 0.4) is 0 Å². The van der Waals surface area contributed by atoms with E-state index in [1.807, 2.05) is 54.6 Å². The predicted molar refractivity (Wildman–Crippen MR) is 246 cm³/mol. The topological polar surface area (TPSA) is 129 Å². The van der Waals surface area contributed by atoms with E-state index in [4.69, 9.17) is 33.7 Å². The van der Waals surface area contributed by atoms with Crippen molar-refractivity contribution in [2.24, 2.45) is 22.9 Å². The largest absolute Gasteiger partial charge is 0.459 e. The maximum atomic E-state index is 14.3. The molecule has 1 saturated carbocycles. The van der Waals surface area contributed by atoms with Gasteiger partial charge in [-0.25, -0.2) is 9.18 Å². The Bertz CT molecular complexity index is 2260. The molecule has 4 aliphatic rings. The molecule has 8 rings (SSSR count). The molecule has 2 aliphatic carbocycles. The number of fused-ring (bicyclic) bond motifs is 2. The Balaban J connectivity index is 1.29. The first-order chi connectivity index (χ1) is 31.8. The van der Waals surface area contributed by atoms with E-state index in [0.29, 0.717) is 54.4 Å². The molecule has 11 nitrogen and oxygen atoms in total. The van der Waals surface area contributed by atoms with Gasteiger partial charge in [-0.1, -0.05) is 84.7 Å².